The Balaban J connectivity index is 0.000001000. The summed E-state index contributed by atoms with van der Waals surface area (Å²) in [5.41, 5.74) is 5.82. The fraction of sp³-hybridized carbons (Fsp3) is 0.200. The molecule has 0 spiro atoms. The van der Waals surface area contributed by atoms with Gasteiger partial charge in [0.05, 0.1) is 19.0 Å². The smallest absolute Gasteiger partial charge is 0.358 e. The molecule has 62 valence electrons. The van der Waals surface area contributed by atoms with Gasteiger partial charge in [-0.25, -0.2) is 4.79 Å². The fourth-order valence-electron chi connectivity index (χ4n) is 0.561. The lowest BCUT2D eigenvalue weighted by Gasteiger charge is -1.93. The normalized spacial score (nSPS) is 8.45. The van der Waals surface area contributed by atoms with Gasteiger partial charge in [0.1, 0.15) is 0 Å². The maximum absolute atomic E-state index is 10.7. The lowest BCUT2D eigenvalue weighted by Crippen LogP contribution is -2.04. The van der Waals surface area contributed by atoms with Crippen LogP contribution >= 0.6 is 12.4 Å². The van der Waals surface area contributed by atoms with E-state index in [1.165, 1.54) is 13.3 Å². The molecule has 0 aromatic carbocycles. The Hall–Kier alpha value is -1.23. The number of H-pyrrole nitrogens is 1. The number of carbonyl (C=O) groups excluding carboxylic acids is 1. The van der Waals surface area contributed by atoms with Crippen molar-refractivity contribution in [1.29, 1.82) is 0 Å². The molecule has 0 aliphatic carbocycles. The summed E-state index contributed by atoms with van der Waals surface area (Å²) in [6, 6.07) is 0. The number of nitrogens with two attached hydrogens (primary N) is 1. The summed E-state index contributed by atoms with van der Waals surface area (Å²) in [4.78, 5) is 10.7. The van der Waals surface area contributed by atoms with Gasteiger partial charge in [0.25, 0.3) is 0 Å². The molecule has 0 aliphatic heterocycles. The summed E-state index contributed by atoms with van der Waals surface area (Å²) in [6.07, 6.45) is 1.35. The highest BCUT2D eigenvalue weighted by molar-refractivity contribution is 5.92. The van der Waals surface area contributed by atoms with E-state index >= 15 is 0 Å². The van der Waals surface area contributed by atoms with Crippen LogP contribution in [0.25, 0.3) is 0 Å². The number of carbonyl (C=O) groups is 1. The van der Waals surface area contributed by atoms with Crippen LogP contribution in [0.15, 0.2) is 6.20 Å². The highest BCUT2D eigenvalue weighted by Gasteiger charge is 2.10. The predicted octanol–water partition coefficient (Wildman–Crippen LogP) is 0.200. The minimum atomic E-state index is -0.505. The molecule has 0 saturated heterocycles. The van der Waals surface area contributed by atoms with E-state index in [1.54, 1.807) is 0 Å². The van der Waals surface area contributed by atoms with Crippen molar-refractivity contribution in [2.24, 2.45) is 0 Å². The van der Waals surface area contributed by atoms with Gasteiger partial charge in [-0.3, -0.25) is 5.10 Å². The third-order valence-corrected chi connectivity index (χ3v) is 1.06. The topological polar surface area (TPSA) is 81.0 Å². The van der Waals surface area contributed by atoms with Crippen LogP contribution in [0.5, 0.6) is 0 Å². The third-order valence-electron chi connectivity index (χ3n) is 1.06. The summed E-state index contributed by atoms with van der Waals surface area (Å²) in [7, 11) is 1.28. The zero-order valence-electron chi connectivity index (χ0n) is 5.83. The molecule has 0 fully saturated rings. The summed E-state index contributed by atoms with van der Waals surface area (Å²) < 4.78 is 4.39. The summed E-state index contributed by atoms with van der Waals surface area (Å²) >= 11 is 0. The number of methoxy groups -OCH3 is 1. The highest BCUT2D eigenvalue weighted by Crippen LogP contribution is 2.05. The molecule has 0 saturated carbocycles. The third kappa shape index (κ3) is 1.84. The number of esters is 1. The largest absolute Gasteiger partial charge is 0.464 e. The van der Waals surface area contributed by atoms with Crippen molar-refractivity contribution >= 4 is 24.1 Å². The molecular weight excluding hydrogens is 170 g/mol. The van der Waals surface area contributed by atoms with Crippen LogP contribution in [0.2, 0.25) is 0 Å². The number of rotatable bonds is 1. The number of aromatic amines is 1. The molecule has 0 aliphatic rings. The standard InChI is InChI=1S/C5H7N3O2.ClH/c1-10-5(9)4-3(6)2-7-8-4;/h2H,6H2,1H3,(H,7,8);1H. The van der Waals surface area contributed by atoms with Crippen molar-refractivity contribution in [1.82, 2.24) is 10.2 Å². The number of hydrogen-bond acceptors (Lipinski definition) is 4. The Morgan fingerprint density at radius 2 is 2.45 bits per heavy atom. The van der Waals surface area contributed by atoms with Crippen molar-refractivity contribution in [2.45, 2.75) is 0 Å². The van der Waals surface area contributed by atoms with Gasteiger partial charge in [-0.15, -0.1) is 12.4 Å². The van der Waals surface area contributed by atoms with Gasteiger partial charge in [0.2, 0.25) is 0 Å². The van der Waals surface area contributed by atoms with E-state index in [0.717, 1.165) is 0 Å². The van der Waals surface area contributed by atoms with Gasteiger partial charge in [0.15, 0.2) is 5.69 Å². The van der Waals surface area contributed by atoms with Crippen LogP contribution in [0.4, 0.5) is 5.69 Å². The van der Waals surface area contributed by atoms with Crippen molar-refractivity contribution in [3.8, 4) is 0 Å². The monoisotopic (exact) mass is 177 g/mol. The molecule has 0 bridgehead atoms. The number of nitrogens with one attached hydrogen (secondary N) is 1. The van der Waals surface area contributed by atoms with Crippen LogP contribution < -0.4 is 5.73 Å². The van der Waals surface area contributed by atoms with Gasteiger partial charge in [-0.1, -0.05) is 0 Å². The molecule has 1 heterocycles. The maximum Gasteiger partial charge on any atom is 0.358 e. The van der Waals surface area contributed by atoms with E-state index < -0.39 is 5.97 Å². The van der Waals surface area contributed by atoms with Gasteiger partial charge in [-0.2, -0.15) is 5.10 Å². The van der Waals surface area contributed by atoms with Gasteiger partial charge >= 0.3 is 5.97 Å². The Bertz CT molecular complexity index is 248. The fourth-order valence-corrected chi connectivity index (χ4v) is 0.561. The Labute approximate surface area is 69.3 Å². The molecule has 11 heavy (non-hydrogen) atoms. The molecule has 1 aromatic rings. The molecule has 0 radical (unpaired) electrons. The minimum absolute atomic E-state index is 0. The molecule has 3 N–H and O–H groups in total. The van der Waals surface area contributed by atoms with Gasteiger partial charge < -0.3 is 10.5 Å². The van der Waals surface area contributed by atoms with Crippen LogP contribution in [0.1, 0.15) is 10.5 Å². The quantitative estimate of drug-likeness (QED) is 0.601. The molecular formula is C5H8ClN3O2. The second kappa shape index (κ2) is 3.82. The summed E-state index contributed by atoms with van der Waals surface area (Å²) in [5, 5.41) is 5.95. The van der Waals surface area contributed by atoms with E-state index in [9.17, 15) is 4.79 Å². The first-order valence-corrected chi connectivity index (χ1v) is 2.63. The lowest BCUT2D eigenvalue weighted by atomic mass is 10.4. The minimum Gasteiger partial charge on any atom is -0.464 e. The number of nitrogen functional groups attached to an aromatic ring is 1. The molecule has 0 amide bonds. The van der Waals surface area contributed by atoms with E-state index in [0.29, 0.717) is 5.69 Å². The Kier molecular flexibility index (Phi) is 3.39. The average molecular weight is 178 g/mol. The molecule has 5 nitrogen and oxygen atoms in total. The summed E-state index contributed by atoms with van der Waals surface area (Å²) in [5.74, 6) is -0.505. The average Bonchev–Trinajstić information content (AvgIpc) is 2.34. The number of hydrogen-bond donors (Lipinski definition) is 2. The van der Waals surface area contributed by atoms with Crippen molar-refractivity contribution < 1.29 is 9.53 Å². The molecule has 6 heteroatoms. The Morgan fingerprint density at radius 1 is 1.82 bits per heavy atom. The second-order valence-electron chi connectivity index (χ2n) is 1.69. The van der Waals surface area contributed by atoms with Gasteiger partial charge in [0, 0.05) is 0 Å². The molecule has 1 aromatic heterocycles. The van der Waals surface area contributed by atoms with Crippen LogP contribution in [-0.4, -0.2) is 23.3 Å². The van der Waals surface area contributed by atoms with Crippen LogP contribution in [-0.2, 0) is 4.74 Å². The van der Waals surface area contributed by atoms with Crippen molar-refractivity contribution in [3.63, 3.8) is 0 Å². The predicted molar refractivity (Wildman–Crippen MR) is 41.6 cm³/mol. The number of halogens is 1. The molecule has 1 rings (SSSR count). The number of ether oxygens (including phenoxy) is 1. The molecule has 0 atom stereocenters. The van der Waals surface area contributed by atoms with Crippen LogP contribution in [0, 0.1) is 0 Å². The zero-order chi connectivity index (χ0) is 7.56. The SMILES string of the molecule is COC(=O)c1[nH]ncc1N.Cl. The zero-order valence-corrected chi connectivity index (χ0v) is 6.64. The molecule has 0 unspecified atom stereocenters. The first kappa shape index (κ1) is 9.77. The number of aromatic nitrogens is 2. The van der Waals surface area contributed by atoms with Gasteiger partial charge in [-0.05, 0) is 0 Å². The Morgan fingerprint density at radius 3 is 2.82 bits per heavy atom. The van der Waals surface area contributed by atoms with Crippen LogP contribution in [0.3, 0.4) is 0 Å². The van der Waals surface area contributed by atoms with E-state index in [2.05, 4.69) is 14.9 Å². The number of anilines is 1. The number of nitrogens with zero attached hydrogens (tertiary/aromatic N) is 1. The van der Waals surface area contributed by atoms with Crippen molar-refractivity contribution in [2.75, 3.05) is 12.8 Å². The lowest BCUT2D eigenvalue weighted by molar-refractivity contribution is 0.0595. The maximum atomic E-state index is 10.7. The summed E-state index contributed by atoms with van der Waals surface area (Å²) in [6.45, 7) is 0. The highest BCUT2D eigenvalue weighted by atomic mass is 35.5. The van der Waals surface area contributed by atoms with E-state index in [1.807, 2.05) is 0 Å². The second-order valence-corrected chi connectivity index (χ2v) is 1.69. The first-order chi connectivity index (χ1) is 4.75. The van der Waals surface area contributed by atoms with E-state index in [4.69, 9.17) is 5.73 Å². The first-order valence-electron chi connectivity index (χ1n) is 2.63. The van der Waals surface area contributed by atoms with Crippen molar-refractivity contribution in [3.05, 3.63) is 11.9 Å². The van der Waals surface area contributed by atoms with E-state index in [-0.39, 0.29) is 18.1 Å².